The topological polar surface area (TPSA) is 29.1 Å². The van der Waals surface area contributed by atoms with E-state index in [2.05, 4.69) is 24.9 Å². The molecule has 0 saturated carbocycles. The van der Waals surface area contributed by atoms with Crippen LogP contribution in [0.3, 0.4) is 0 Å². The fourth-order valence-corrected chi connectivity index (χ4v) is 3.57. The van der Waals surface area contributed by atoms with Crippen molar-refractivity contribution in [3.8, 4) is 0 Å². The number of carbonyl (C=O) groups is 1. The lowest BCUT2D eigenvalue weighted by atomic mass is 10.0. The second-order valence-electron chi connectivity index (χ2n) is 7.79. The quantitative estimate of drug-likeness (QED) is 0.203. The molecule has 0 aliphatic rings. The molecule has 0 heterocycles. The summed E-state index contributed by atoms with van der Waals surface area (Å²) in [5.41, 5.74) is 0.860. The zero-order valence-corrected chi connectivity index (χ0v) is 18.4. The predicted octanol–water partition coefficient (Wildman–Crippen LogP) is 8.18. The van der Waals surface area contributed by atoms with Gasteiger partial charge in [-0.05, 0) is 30.7 Å². The lowest BCUT2D eigenvalue weighted by Crippen LogP contribution is -2.10. The van der Waals surface area contributed by atoms with Crippen molar-refractivity contribution >= 4 is 24.2 Å². The zero-order valence-electron chi connectivity index (χ0n) is 17.5. The van der Waals surface area contributed by atoms with E-state index in [0.29, 0.717) is 6.42 Å². The van der Waals surface area contributed by atoms with Crippen molar-refractivity contribution in [2.24, 2.45) is 0 Å². The third kappa shape index (κ3) is 14.7. The molecule has 0 saturated heterocycles. The van der Waals surface area contributed by atoms with Gasteiger partial charge in [0.25, 0.3) is 0 Å². The summed E-state index contributed by atoms with van der Waals surface area (Å²) in [6.07, 6.45) is 20.9. The molecule has 0 fully saturated rings. The number of hydrogen-bond donors (Lipinski definition) is 2. The maximum Gasteiger partial charge on any atom is 0.224 e. The van der Waals surface area contributed by atoms with Crippen LogP contribution in [0.2, 0.25) is 0 Å². The molecule has 27 heavy (non-hydrogen) atoms. The summed E-state index contributed by atoms with van der Waals surface area (Å²) in [4.78, 5) is 12.8. The third-order valence-electron chi connectivity index (χ3n) is 5.16. The van der Waals surface area contributed by atoms with E-state index in [1.807, 2.05) is 24.3 Å². The van der Waals surface area contributed by atoms with Gasteiger partial charge in [-0.1, -0.05) is 96.8 Å². The van der Waals surface area contributed by atoms with Crippen LogP contribution < -0.4 is 5.32 Å². The molecule has 0 radical (unpaired) electrons. The number of carbonyl (C=O) groups excluding carboxylic acids is 1. The molecule has 1 amide bonds. The molecular weight excluding hydrogens is 350 g/mol. The number of nitrogens with one attached hydrogen (secondary N) is 1. The Morgan fingerprint density at radius 2 is 1.11 bits per heavy atom. The Morgan fingerprint density at radius 1 is 0.704 bits per heavy atom. The van der Waals surface area contributed by atoms with E-state index in [1.165, 1.54) is 89.9 Å². The minimum atomic E-state index is 0.122. The Hall–Kier alpha value is -0.960. The van der Waals surface area contributed by atoms with Gasteiger partial charge in [-0.3, -0.25) is 4.79 Å². The molecule has 2 nitrogen and oxygen atoms in total. The molecule has 1 aromatic rings. The van der Waals surface area contributed by atoms with E-state index >= 15 is 0 Å². The maximum atomic E-state index is 11.9. The minimum absolute atomic E-state index is 0.122. The summed E-state index contributed by atoms with van der Waals surface area (Å²) in [6, 6.07) is 7.58. The van der Waals surface area contributed by atoms with E-state index in [-0.39, 0.29) is 5.91 Å². The van der Waals surface area contributed by atoms with E-state index in [4.69, 9.17) is 0 Å². The largest absolute Gasteiger partial charge is 0.326 e. The Kier molecular flexibility index (Phi) is 15.3. The highest BCUT2D eigenvalue weighted by molar-refractivity contribution is 7.80. The van der Waals surface area contributed by atoms with Crippen LogP contribution in [0, 0.1) is 0 Å². The predicted molar refractivity (Wildman–Crippen MR) is 122 cm³/mol. The molecule has 0 unspecified atom stereocenters. The first-order chi connectivity index (χ1) is 13.2. The van der Waals surface area contributed by atoms with Crippen LogP contribution in [-0.2, 0) is 4.79 Å². The average Bonchev–Trinajstić information content (AvgIpc) is 2.66. The molecule has 0 aromatic heterocycles. The number of thiol groups is 1. The van der Waals surface area contributed by atoms with Gasteiger partial charge in [0.05, 0.1) is 0 Å². The van der Waals surface area contributed by atoms with Crippen molar-refractivity contribution in [2.75, 3.05) is 5.32 Å². The molecule has 154 valence electrons. The Bertz CT molecular complexity index is 472. The highest BCUT2D eigenvalue weighted by atomic mass is 32.1. The van der Waals surface area contributed by atoms with Crippen LogP contribution in [0.4, 0.5) is 5.69 Å². The van der Waals surface area contributed by atoms with E-state index in [0.717, 1.165) is 17.0 Å². The van der Waals surface area contributed by atoms with Gasteiger partial charge in [-0.25, -0.2) is 0 Å². The van der Waals surface area contributed by atoms with Crippen molar-refractivity contribution in [1.82, 2.24) is 0 Å². The number of amides is 1. The van der Waals surface area contributed by atoms with Crippen molar-refractivity contribution in [3.63, 3.8) is 0 Å². The van der Waals surface area contributed by atoms with Gasteiger partial charge in [0, 0.05) is 17.0 Å². The van der Waals surface area contributed by atoms with Gasteiger partial charge >= 0.3 is 0 Å². The first-order valence-corrected chi connectivity index (χ1v) is 11.8. The fraction of sp³-hybridized carbons (Fsp3) is 0.708. The van der Waals surface area contributed by atoms with Gasteiger partial charge in [0.1, 0.15) is 0 Å². The highest BCUT2D eigenvalue weighted by Gasteiger charge is 2.02. The normalized spacial score (nSPS) is 10.9. The smallest absolute Gasteiger partial charge is 0.224 e. The molecule has 1 rings (SSSR count). The second-order valence-corrected chi connectivity index (χ2v) is 8.31. The number of benzene rings is 1. The Labute approximate surface area is 173 Å². The molecule has 0 bridgehead atoms. The second kappa shape index (κ2) is 17.2. The minimum Gasteiger partial charge on any atom is -0.326 e. The molecule has 0 aliphatic heterocycles. The lowest BCUT2D eigenvalue weighted by Gasteiger charge is -2.06. The van der Waals surface area contributed by atoms with Crippen molar-refractivity contribution < 1.29 is 4.79 Å². The average molecular weight is 392 g/mol. The lowest BCUT2D eigenvalue weighted by molar-refractivity contribution is -0.116. The van der Waals surface area contributed by atoms with Crippen LogP contribution in [0.1, 0.15) is 110 Å². The van der Waals surface area contributed by atoms with Gasteiger partial charge in [0.2, 0.25) is 5.91 Å². The standard InChI is InChI=1S/C24H41NOS/c1-2-3-4-5-6-7-8-9-10-11-12-13-14-15-16-17-24(26)25-22-18-20-23(27)21-19-22/h18-21,27H,2-17H2,1H3,(H,25,26). The van der Waals surface area contributed by atoms with Crippen LogP contribution >= 0.6 is 12.6 Å². The maximum absolute atomic E-state index is 11.9. The summed E-state index contributed by atoms with van der Waals surface area (Å²) in [5.74, 6) is 0.122. The van der Waals surface area contributed by atoms with Crippen LogP contribution in [0.25, 0.3) is 0 Å². The number of anilines is 1. The molecule has 0 spiro atoms. The number of rotatable bonds is 17. The van der Waals surface area contributed by atoms with Gasteiger partial charge in [-0.15, -0.1) is 12.6 Å². The SMILES string of the molecule is CCCCCCCCCCCCCCCCCC(=O)Nc1ccc(S)cc1. The fourth-order valence-electron chi connectivity index (χ4n) is 3.43. The molecule has 0 aliphatic carbocycles. The highest BCUT2D eigenvalue weighted by Crippen LogP contribution is 2.15. The van der Waals surface area contributed by atoms with Crippen LogP contribution in [0.15, 0.2) is 29.2 Å². The van der Waals surface area contributed by atoms with Gasteiger partial charge in [-0.2, -0.15) is 0 Å². The van der Waals surface area contributed by atoms with Crippen molar-refractivity contribution in [3.05, 3.63) is 24.3 Å². The van der Waals surface area contributed by atoms with Crippen molar-refractivity contribution in [1.29, 1.82) is 0 Å². The molecule has 0 atom stereocenters. The monoisotopic (exact) mass is 391 g/mol. The molecule has 1 aromatic carbocycles. The summed E-state index contributed by atoms with van der Waals surface area (Å²) >= 11 is 4.25. The first kappa shape index (κ1) is 24.1. The Balaban J connectivity index is 1.81. The summed E-state index contributed by atoms with van der Waals surface area (Å²) in [5, 5.41) is 2.95. The molecular formula is C24H41NOS. The first-order valence-electron chi connectivity index (χ1n) is 11.3. The van der Waals surface area contributed by atoms with Gasteiger partial charge in [0.15, 0.2) is 0 Å². The zero-order chi connectivity index (χ0) is 19.6. The summed E-state index contributed by atoms with van der Waals surface area (Å²) in [7, 11) is 0. The Morgan fingerprint density at radius 3 is 1.56 bits per heavy atom. The number of unbranched alkanes of at least 4 members (excludes halogenated alkanes) is 14. The van der Waals surface area contributed by atoms with E-state index < -0.39 is 0 Å². The summed E-state index contributed by atoms with van der Waals surface area (Å²) in [6.45, 7) is 2.28. The summed E-state index contributed by atoms with van der Waals surface area (Å²) < 4.78 is 0. The van der Waals surface area contributed by atoms with E-state index in [1.54, 1.807) is 0 Å². The molecule has 1 N–H and O–H groups in total. The van der Waals surface area contributed by atoms with Crippen LogP contribution in [-0.4, -0.2) is 5.91 Å². The molecule has 3 heteroatoms. The number of hydrogen-bond acceptors (Lipinski definition) is 2. The van der Waals surface area contributed by atoms with Gasteiger partial charge < -0.3 is 5.32 Å². The van der Waals surface area contributed by atoms with Crippen LogP contribution in [0.5, 0.6) is 0 Å². The van der Waals surface area contributed by atoms with Crippen molar-refractivity contribution in [2.45, 2.75) is 115 Å². The third-order valence-corrected chi connectivity index (χ3v) is 5.46. The van der Waals surface area contributed by atoms with E-state index in [9.17, 15) is 4.79 Å².